The lowest BCUT2D eigenvalue weighted by Crippen LogP contribution is -2.59. The summed E-state index contributed by atoms with van der Waals surface area (Å²) in [5.41, 5.74) is 11.4. The highest BCUT2D eigenvalue weighted by Gasteiger charge is 2.32. The molecule has 5 atom stereocenters. The van der Waals surface area contributed by atoms with Gasteiger partial charge in [-0.05, 0) is 6.92 Å². The maximum Gasteiger partial charge on any atom is 0.328 e. The second-order valence-corrected chi connectivity index (χ2v) is 6.93. The monoisotopic (exact) mass is 457 g/mol. The fourth-order valence-corrected chi connectivity index (χ4v) is 2.52. The second-order valence-electron chi connectivity index (χ2n) is 6.93. The highest BCUT2D eigenvalue weighted by Crippen LogP contribution is 2.01. The summed E-state index contributed by atoms with van der Waals surface area (Å²) in [7, 11) is 0. The van der Waals surface area contributed by atoms with Gasteiger partial charge in [-0.25, -0.2) is 9.78 Å². The summed E-state index contributed by atoms with van der Waals surface area (Å²) in [6.45, 7) is 0.177. The van der Waals surface area contributed by atoms with E-state index in [1.54, 1.807) is 0 Å². The third-order valence-corrected chi connectivity index (χ3v) is 4.23. The molecule has 4 amide bonds. The molecule has 0 bridgehead atoms. The molecule has 0 aliphatic rings. The first-order valence-corrected chi connectivity index (χ1v) is 9.40. The van der Waals surface area contributed by atoms with Crippen LogP contribution in [0.5, 0.6) is 0 Å². The van der Waals surface area contributed by atoms with Crippen LogP contribution in [0.25, 0.3) is 0 Å². The van der Waals surface area contributed by atoms with Crippen LogP contribution in [0, 0.1) is 0 Å². The first-order valence-electron chi connectivity index (χ1n) is 9.40. The molecule has 1 aromatic rings. The number of aliphatic hydroxyl groups is 2. The quantitative estimate of drug-likeness (QED) is 0.136. The Hall–Kier alpha value is -3.56. The number of nitrogens with zero attached hydrogens (tertiary/aromatic N) is 1. The molecular formula is C17H27N7O8. The van der Waals surface area contributed by atoms with Crippen molar-refractivity contribution in [3.8, 4) is 0 Å². The Morgan fingerprint density at radius 3 is 2.16 bits per heavy atom. The topological polar surface area (TPSA) is 263 Å². The van der Waals surface area contributed by atoms with E-state index in [0.717, 1.165) is 6.92 Å². The van der Waals surface area contributed by atoms with Crippen molar-refractivity contribution < 1.29 is 39.3 Å². The Morgan fingerprint density at radius 1 is 1.09 bits per heavy atom. The normalized spacial score (nSPS) is 15.5. The number of carbonyl (C=O) groups excluding carboxylic acids is 4. The number of primary amides is 1. The predicted molar refractivity (Wildman–Crippen MR) is 106 cm³/mol. The van der Waals surface area contributed by atoms with Crippen LogP contribution in [0.15, 0.2) is 12.5 Å². The molecule has 15 heteroatoms. The number of carboxylic acid groups (broad SMARTS) is 1. The fourth-order valence-electron chi connectivity index (χ4n) is 2.52. The van der Waals surface area contributed by atoms with Crippen molar-refractivity contribution in [1.29, 1.82) is 0 Å². The van der Waals surface area contributed by atoms with Crippen LogP contribution in [0.1, 0.15) is 19.0 Å². The van der Waals surface area contributed by atoms with E-state index in [1.807, 2.05) is 5.32 Å². The highest BCUT2D eigenvalue weighted by atomic mass is 16.4. The molecule has 1 heterocycles. The van der Waals surface area contributed by atoms with Gasteiger partial charge in [0.15, 0.2) is 6.04 Å². The van der Waals surface area contributed by atoms with Gasteiger partial charge in [0, 0.05) is 18.3 Å². The molecule has 0 aromatic carbocycles. The van der Waals surface area contributed by atoms with Crippen LogP contribution in [0.2, 0.25) is 0 Å². The predicted octanol–water partition coefficient (Wildman–Crippen LogP) is -4.93. The Morgan fingerprint density at radius 2 is 1.69 bits per heavy atom. The third-order valence-electron chi connectivity index (χ3n) is 4.23. The number of hydrogen-bond donors (Lipinski definition) is 9. The molecule has 0 spiro atoms. The summed E-state index contributed by atoms with van der Waals surface area (Å²) in [6, 6.07) is -5.98. The number of aromatic nitrogens is 2. The van der Waals surface area contributed by atoms with Gasteiger partial charge in [-0.3, -0.25) is 19.2 Å². The van der Waals surface area contributed by atoms with Gasteiger partial charge in [-0.1, -0.05) is 0 Å². The van der Waals surface area contributed by atoms with E-state index >= 15 is 0 Å². The van der Waals surface area contributed by atoms with Crippen molar-refractivity contribution in [3.63, 3.8) is 0 Å². The van der Waals surface area contributed by atoms with Crippen molar-refractivity contribution >= 4 is 29.6 Å². The Labute approximate surface area is 181 Å². The first-order chi connectivity index (χ1) is 15.0. The average Bonchev–Trinajstić information content (AvgIpc) is 3.21. The maximum atomic E-state index is 12.5. The van der Waals surface area contributed by atoms with Crippen molar-refractivity contribution in [2.24, 2.45) is 11.5 Å². The molecule has 11 N–H and O–H groups in total. The molecule has 15 nitrogen and oxygen atoms in total. The van der Waals surface area contributed by atoms with Crippen molar-refractivity contribution in [3.05, 3.63) is 18.2 Å². The SMILES string of the molecule is CC(O)C(NC(=O)C(CO)NC(=O)C(CC(N)=O)NC(=O)C(N)Cc1cnc[nH]1)C(=O)O. The number of hydrogen-bond acceptors (Lipinski definition) is 9. The highest BCUT2D eigenvalue weighted by molar-refractivity contribution is 5.96. The lowest BCUT2D eigenvalue weighted by atomic mass is 10.1. The van der Waals surface area contributed by atoms with Gasteiger partial charge in [-0.15, -0.1) is 0 Å². The number of nitrogens with one attached hydrogen (secondary N) is 4. The molecule has 0 saturated heterocycles. The van der Waals surface area contributed by atoms with Crippen LogP contribution >= 0.6 is 0 Å². The number of carbonyl (C=O) groups is 5. The molecule has 178 valence electrons. The molecular weight excluding hydrogens is 430 g/mol. The summed E-state index contributed by atoms with van der Waals surface area (Å²) in [6.07, 6.45) is 0.775. The fraction of sp³-hybridized carbons (Fsp3) is 0.529. The Kier molecular flexibility index (Phi) is 10.2. The first kappa shape index (κ1) is 26.5. The Balaban J connectivity index is 2.83. The number of amides is 4. The summed E-state index contributed by atoms with van der Waals surface area (Å²) < 4.78 is 0. The van der Waals surface area contributed by atoms with Gasteiger partial charge in [0.1, 0.15) is 12.1 Å². The lowest BCUT2D eigenvalue weighted by Gasteiger charge is -2.24. The zero-order valence-electron chi connectivity index (χ0n) is 17.1. The van der Waals surface area contributed by atoms with E-state index in [1.165, 1.54) is 12.5 Å². The molecule has 0 aliphatic carbocycles. The van der Waals surface area contributed by atoms with Gasteiger partial charge in [0.25, 0.3) is 0 Å². The van der Waals surface area contributed by atoms with Crippen molar-refractivity contribution in [2.45, 2.75) is 50.0 Å². The molecule has 1 rings (SSSR count). The number of carboxylic acids is 1. The van der Waals surface area contributed by atoms with Crippen LogP contribution in [-0.4, -0.2) is 91.8 Å². The van der Waals surface area contributed by atoms with E-state index in [0.29, 0.717) is 5.69 Å². The number of nitrogens with two attached hydrogens (primary N) is 2. The van der Waals surface area contributed by atoms with Crippen molar-refractivity contribution in [1.82, 2.24) is 25.9 Å². The van der Waals surface area contributed by atoms with Gasteiger partial charge in [0.2, 0.25) is 23.6 Å². The number of imidazole rings is 1. The van der Waals surface area contributed by atoms with Gasteiger partial charge >= 0.3 is 5.97 Å². The van der Waals surface area contributed by atoms with E-state index < -0.39 is 72.9 Å². The number of H-pyrrole nitrogens is 1. The van der Waals surface area contributed by atoms with Crippen LogP contribution < -0.4 is 27.4 Å². The number of rotatable bonds is 13. The smallest absolute Gasteiger partial charge is 0.328 e. The second kappa shape index (κ2) is 12.3. The largest absolute Gasteiger partial charge is 0.480 e. The molecule has 0 radical (unpaired) electrons. The summed E-state index contributed by atoms with van der Waals surface area (Å²) in [5.74, 6) is -5.46. The third kappa shape index (κ3) is 8.29. The molecule has 32 heavy (non-hydrogen) atoms. The number of aliphatic hydroxyl groups excluding tert-OH is 2. The Bertz CT molecular complexity index is 814. The minimum absolute atomic E-state index is 0.0499. The van der Waals surface area contributed by atoms with Gasteiger partial charge in [-0.2, -0.15) is 0 Å². The zero-order valence-corrected chi connectivity index (χ0v) is 17.1. The molecule has 5 unspecified atom stereocenters. The molecule has 0 aliphatic heterocycles. The van der Waals surface area contributed by atoms with Crippen LogP contribution in [0.4, 0.5) is 0 Å². The number of aliphatic carboxylic acids is 1. The van der Waals surface area contributed by atoms with E-state index in [4.69, 9.17) is 16.6 Å². The number of aromatic amines is 1. The molecule has 0 saturated carbocycles. The van der Waals surface area contributed by atoms with E-state index in [2.05, 4.69) is 20.6 Å². The lowest BCUT2D eigenvalue weighted by molar-refractivity contribution is -0.145. The van der Waals surface area contributed by atoms with E-state index in [-0.39, 0.29) is 6.42 Å². The summed E-state index contributed by atoms with van der Waals surface area (Å²) in [5, 5.41) is 34.2. The molecule has 1 aromatic heterocycles. The molecule has 0 fully saturated rings. The minimum Gasteiger partial charge on any atom is -0.480 e. The standard InChI is InChI=1S/C17H27N7O8/c1-7(26)13(17(31)32)24-16(30)11(5-25)23-15(29)10(3-12(19)27)22-14(28)9(18)2-8-4-20-6-21-8/h4,6-7,9-11,13,25-26H,2-3,5,18H2,1H3,(H2,19,27)(H,20,21)(H,22,28)(H,23,29)(H,24,30)(H,31,32). The van der Waals surface area contributed by atoms with Crippen LogP contribution in [0.3, 0.4) is 0 Å². The van der Waals surface area contributed by atoms with Crippen molar-refractivity contribution in [2.75, 3.05) is 6.61 Å². The van der Waals surface area contributed by atoms with Gasteiger partial charge in [0.05, 0.1) is 31.5 Å². The maximum absolute atomic E-state index is 12.5. The average molecular weight is 457 g/mol. The van der Waals surface area contributed by atoms with E-state index in [9.17, 15) is 34.2 Å². The van der Waals surface area contributed by atoms with Crippen LogP contribution in [-0.2, 0) is 30.4 Å². The van der Waals surface area contributed by atoms with Gasteiger partial charge < -0.3 is 47.7 Å². The minimum atomic E-state index is -1.70. The summed E-state index contributed by atoms with van der Waals surface area (Å²) >= 11 is 0. The zero-order chi connectivity index (χ0) is 24.4. The summed E-state index contributed by atoms with van der Waals surface area (Å²) in [4.78, 5) is 66.0.